The standard InChI is InChI=1S/C14H10Cl2OS/c1-9-2-5-11(6-3-9)18-14(17)12-7-4-10(15)8-13(12)16/h2-8H,1H3. The summed E-state index contributed by atoms with van der Waals surface area (Å²) in [5.74, 6) is 0. The fourth-order valence-corrected chi connectivity index (χ4v) is 2.75. The molecule has 0 saturated heterocycles. The molecule has 0 amide bonds. The maximum absolute atomic E-state index is 12.1. The summed E-state index contributed by atoms with van der Waals surface area (Å²) in [4.78, 5) is 13.0. The molecule has 0 spiro atoms. The van der Waals surface area contributed by atoms with Crippen molar-refractivity contribution in [2.45, 2.75) is 11.8 Å². The number of carbonyl (C=O) groups is 1. The summed E-state index contributed by atoms with van der Waals surface area (Å²) in [6.07, 6.45) is 0. The lowest BCUT2D eigenvalue weighted by atomic mass is 10.2. The monoisotopic (exact) mass is 296 g/mol. The molecule has 0 bridgehead atoms. The smallest absolute Gasteiger partial charge is 0.225 e. The number of carbonyl (C=O) groups excluding carboxylic acids is 1. The van der Waals surface area contributed by atoms with Crippen LogP contribution in [0.5, 0.6) is 0 Å². The van der Waals surface area contributed by atoms with E-state index in [0.717, 1.165) is 22.2 Å². The molecule has 2 aromatic rings. The Morgan fingerprint density at radius 1 is 1.06 bits per heavy atom. The fourth-order valence-electron chi connectivity index (χ4n) is 1.42. The molecule has 0 saturated carbocycles. The Hall–Kier alpha value is -0.960. The molecule has 1 nitrogen and oxygen atoms in total. The number of hydrogen-bond acceptors (Lipinski definition) is 2. The van der Waals surface area contributed by atoms with Crippen molar-refractivity contribution in [2.75, 3.05) is 0 Å². The molecule has 0 atom stereocenters. The van der Waals surface area contributed by atoms with E-state index in [1.807, 2.05) is 31.2 Å². The highest BCUT2D eigenvalue weighted by Crippen LogP contribution is 2.28. The first-order chi connectivity index (χ1) is 8.56. The Labute approximate surface area is 120 Å². The molecule has 0 aliphatic heterocycles. The molecule has 4 heteroatoms. The van der Waals surface area contributed by atoms with Crippen LogP contribution in [0, 0.1) is 6.92 Å². The molecule has 2 aromatic carbocycles. The summed E-state index contributed by atoms with van der Waals surface area (Å²) in [5.41, 5.74) is 1.64. The highest BCUT2D eigenvalue weighted by Gasteiger charge is 2.12. The average molecular weight is 297 g/mol. The Morgan fingerprint density at radius 2 is 1.72 bits per heavy atom. The van der Waals surface area contributed by atoms with Crippen LogP contribution in [-0.4, -0.2) is 5.12 Å². The van der Waals surface area contributed by atoms with Gasteiger partial charge in [0.25, 0.3) is 0 Å². The van der Waals surface area contributed by atoms with Gasteiger partial charge in [0.05, 0.1) is 5.02 Å². The van der Waals surface area contributed by atoms with Crippen LogP contribution in [0.2, 0.25) is 10.0 Å². The van der Waals surface area contributed by atoms with Crippen LogP contribution in [0.3, 0.4) is 0 Å². The lowest BCUT2D eigenvalue weighted by Crippen LogP contribution is -1.94. The van der Waals surface area contributed by atoms with Gasteiger partial charge in [-0.05, 0) is 49.0 Å². The zero-order valence-electron chi connectivity index (χ0n) is 9.61. The zero-order valence-corrected chi connectivity index (χ0v) is 11.9. The van der Waals surface area contributed by atoms with Crippen molar-refractivity contribution in [1.82, 2.24) is 0 Å². The van der Waals surface area contributed by atoms with Crippen molar-refractivity contribution in [3.05, 3.63) is 63.6 Å². The van der Waals surface area contributed by atoms with Gasteiger partial charge in [0, 0.05) is 15.5 Å². The average Bonchev–Trinajstić information content (AvgIpc) is 2.32. The third-order valence-corrected chi connectivity index (χ3v) is 3.84. The minimum absolute atomic E-state index is 0.0829. The van der Waals surface area contributed by atoms with Crippen molar-refractivity contribution < 1.29 is 4.79 Å². The first kappa shape index (κ1) is 13.5. The van der Waals surface area contributed by atoms with Gasteiger partial charge >= 0.3 is 0 Å². The van der Waals surface area contributed by atoms with E-state index < -0.39 is 0 Å². The largest absolute Gasteiger partial charge is 0.281 e. The molecular weight excluding hydrogens is 287 g/mol. The predicted octanol–water partition coefficient (Wildman–Crippen LogP) is 5.23. The highest BCUT2D eigenvalue weighted by atomic mass is 35.5. The Morgan fingerprint density at radius 3 is 2.33 bits per heavy atom. The second-order valence-electron chi connectivity index (χ2n) is 3.83. The molecule has 0 aliphatic carbocycles. The number of halogens is 2. The van der Waals surface area contributed by atoms with E-state index in [-0.39, 0.29) is 5.12 Å². The molecule has 18 heavy (non-hydrogen) atoms. The van der Waals surface area contributed by atoms with Crippen LogP contribution in [-0.2, 0) is 0 Å². The summed E-state index contributed by atoms with van der Waals surface area (Å²) in [5, 5.41) is 0.824. The molecule has 0 radical (unpaired) electrons. The highest BCUT2D eigenvalue weighted by molar-refractivity contribution is 8.14. The van der Waals surface area contributed by atoms with Crippen molar-refractivity contribution in [2.24, 2.45) is 0 Å². The summed E-state index contributed by atoms with van der Waals surface area (Å²) in [7, 11) is 0. The first-order valence-electron chi connectivity index (χ1n) is 5.30. The summed E-state index contributed by atoms with van der Waals surface area (Å²) < 4.78 is 0. The van der Waals surface area contributed by atoms with Gasteiger partial charge in [-0.25, -0.2) is 0 Å². The third kappa shape index (κ3) is 3.29. The number of hydrogen-bond donors (Lipinski definition) is 0. The minimum Gasteiger partial charge on any atom is -0.281 e. The van der Waals surface area contributed by atoms with Gasteiger partial charge in [0.1, 0.15) is 0 Å². The van der Waals surface area contributed by atoms with Crippen LogP contribution in [0.1, 0.15) is 15.9 Å². The van der Waals surface area contributed by atoms with E-state index in [1.165, 1.54) is 0 Å². The molecular formula is C14H10Cl2OS. The topological polar surface area (TPSA) is 17.1 Å². The van der Waals surface area contributed by atoms with Crippen molar-refractivity contribution in [3.8, 4) is 0 Å². The lowest BCUT2D eigenvalue weighted by molar-refractivity contribution is 0.108. The van der Waals surface area contributed by atoms with Gasteiger partial charge < -0.3 is 0 Å². The van der Waals surface area contributed by atoms with E-state index in [2.05, 4.69) is 0 Å². The van der Waals surface area contributed by atoms with Crippen LogP contribution >= 0.6 is 35.0 Å². The molecule has 0 unspecified atom stereocenters. The molecule has 0 N–H and O–H groups in total. The van der Waals surface area contributed by atoms with Crippen molar-refractivity contribution >= 4 is 40.1 Å². The Bertz CT molecular complexity index is 579. The Balaban J connectivity index is 2.19. The molecule has 0 fully saturated rings. The summed E-state index contributed by atoms with van der Waals surface area (Å²) in [6, 6.07) is 12.7. The Kier molecular flexibility index (Phi) is 4.33. The summed E-state index contributed by atoms with van der Waals surface area (Å²) >= 11 is 13.0. The van der Waals surface area contributed by atoms with Crippen molar-refractivity contribution in [3.63, 3.8) is 0 Å². The lowest BCUT2D eigenvalue weighted by Gasteiger charge is -2.04. The number of rotatable bonds is 2. The van der Waals surface area contributed by atoms with Gasteiger partial charge in [-0.2, -0.15) is 0 Å². The van der Waals surface area contributed by atoms with Crippen LogP contribution in [0.25, 0.3) is 0 Å². The minimum atomic E-state index is -0.0829. The maximum atomic E-state index is 12.1. The molecule has 0 aliphatic rings. The van der Waals surface area contributed by atoms with E-state index >= 15 is 0 Å². The van der Waals surface area contributed by atoms with Crippen molar-refractivity contribution in [1.29, 1.82) is 0 Å². The fraction of sp³-hybridized carbons (Fsp3) is 0.0714. The SMILES string of the molecule is Cc1ccc(SC(=O)c2ccc(Cl)cc2Cl)cc1. The van der Waals surface area contributed by atoms with Gasteiger partial charge in [-0.1, -0.05) is 40.9 Å². The van der Waals surface area contributed by atoms with Crippen LogP contribution in [0.4, 0.5) is 0 Å². The van der Waals surface area contributed by atoms with Gasteiger partial charge in [0.15, 0.2) is 0 Å². The maximum Gasteiger partial charge on any atom is 0.225 e. The zero-order chi connectivity index (χ0) is 13.1. The second-order valence-corrected chi connectivity index (χ2v) is 5.72. The summed E-state index contributed by atoms with van der Waals surface area (Å²) in [6.45, 7) is 2.01. The van der Waals surface area contributed by atoms with E-state index in [1.54, 1.807) is 18.2 Å². The number of benzene rings is 2. The van der Waals surface area contributed by atoms with Gasteiger partial charge in [-0.15, -0.1) is 0 Å². The van der Waals surface area contributed by atoms with Gasteiger partial charge in [-0.3, -0.25) is 4.79 Å². The third-order valence-electron chi connectivity index (χ3n) is 2.38. The number of thioether (sulfide) groups is 1. The number of aryl methyl sites for hydroxylation is 1. The molecule has 0 heterocycles. The quantitative estimate of drug-likeness (QED) is 0.706. The molecule has 92 valence electrons. The second kappa shape index (κ2) is 5.79. The van der Waals surface area contributed by atoms with Crippen LogP contribution < -0.4 is 0 Å². The van der Waals surface area contributed by atoms with Gasteiger partial charge in [0.2, 0.25) is 5.12 Å². The first-order valence-corrected chi connectivity index (χ1v) is 6.87. The normalized spacial score (nSPS) is 10.4. The van der Waals surface area contributed by atoms with E-state index in [0.29, 0.717) is 15.6 Å². The predicted molar refractivity (Wildman–Crippen MR) is 77.8 cm³/mol. The molecule has 2 rings (SSSR count). The van der Waals surface area contributed by atoms with E-state index in [9.17, 15) is 4.79 Å². The molecule has 0 aromatic heterocycles. The van der Waals surface area contributed by atoms with E-state index in [4.69, 9.17) is 23.2 Å². The van der Waals surface area contributed by atoms with Crippen LogP contribution in [0.15, 0.2) is 47.4 Å².